The first kappa shape index (κ1) is 22.5. The van der Waals surface area contributed by atoms with Gasteiger partial charge in [-0.05, 0) is 79.5 Å². The van der Waals surface area contributed by atoms with Crippen molar-refractivity contribution in [2.24, 2.45) is 15.9 Å². The molecular weight excluding hydrogens is 394 g/mol. The van der Waals surface area contributed by atoms with E-state index in [2.05, 4.69) is 78.0 Å². The summed E-state index contributed by atoms with van der Waals surface area (Å²) >= 11 is 0. The van der Waals surface area contributed by atoms with Crippen molar-refractivity contribution in [2.75, 3.05) is 33.2 Å². The average molecular weight is 432 g/mol. The standard InChI is InChI=1S/C27H37N5/c1-6-19(2)21(4)20(3)16-24(28-5)25-17-26(22-8-7-9-22)32-18-23(10-11-27(32)30-25)31-14-12-29-13-15-31/h10-11,16-19,29H,4,6-9,12-15H2,1-3,5H3/b20-16+,28-24+. The Hall–Kier alpha value is -2.66. The Balaban J connectivity index is 1.66. The molecular formula is C27H37N5. The highest BCUT2D eigenvalue weighted by Crippen LogP contribution is 2.35. The SMILES string of the molecule is C=C(/C(C)=C/C(=N\C)C1=CC(=C2CCC2)N2C=C(N3CCNCC3)C=CC2=N1)C(C)CC. The summed E-state index contributed by atoms with van der Waals surface area (Å²) < 4.78 is 0. The van der Waals surface area contributed by atoms with Crippen molar-refractivity contribution >= 4 is 11.5 Å². The number of allylic oxidation sites excluding steroid dienone is 6. The molecule has 5 nitrogen and oxygen atoms in total. The minimum Gasteiger partial charge on any atom is -0.368 e. The van der Waals surface area contributed by atoms with Gasteiger partial charge in [0.15, 0.2) is 0 Å². The summed E-state index contributed by atoms with van der Waals surface area (Å²) in [6, 6.07) is 0. The quantitative estimate of drug-likeness (QED) is 0.478. The van der Waals surface area contributed by atoms with E-state index in [1.807, 2.05) is 7.05 Å². The maximum absolute atomic E-state index is 5.03. The largest absolute Gasteiger partial charge is 0.368 e. The number of fused-ring (bicyclic) bond motifs is 1. The summed E-state index contributed by atoms with van der Waals surface area (Å²) in [5, 5.41) is 3.44. The number of aliphatic imine (C=N–C) groups is 2. The molecule has 0 spiro atoms. The van der Waals surface area contributed by atoms with Crippen LogP contribution in [0.25, 0.3) is 0 Å². The molecule has 1 N–H and O–H groups in total. The molecule has 0 bridgehead atoms. The van der Waals surface area contributed by atoms with Gasteiger partial charge in [-0.15, -0.1) is 0 Å². The van der Waals surface area contributed by atoms with Gasteiger partial charge in [-0.3, -0.25) is 9.89 Å². The Morgan fingerprint density at radius 2 is 2.03 bits per heavy atom. The number of hydrogen-bond acceptors (Lipinski definition) is 5. The van der Waals surface area contributed by atoms with Crippen LogP contribution in [-0.4, -0.2) is 54.6 Å². The van der Waals surface area contributed by atoms with E-state index >= 15 is 0 Å². The van der Waals surface area contributed by atoms with Crippen LogP contribution >= 0.6 is 0 Å². The Kier molecular flexibility index (Phi) is 6.95. The van der Waals surface area contributed by atoms with Gasteiger partial charge in [0.2, 0.25) is 0 Å². The fourth-order valence-electron chi connectivity index (χ4n) is 4.43. The van der Waals surface area contributed by atoms with Crippen molar-refractivity contribution in [3.05, 3.63) is 70.9 Å². The zero-order valence-corrected chi connectivity index (χ0v) is 20.1. The molecule has 5 heteroatoms. The first-order chi connectivity index (χ1) is 15.5. The van der Waals surface area contributed by atoms with Gasteiger partial charge in [-0.1, -0.05) is 20.4 Å². The van der Waals surface area contributed by atoms with E-state index in [-0.39, 0.29) is 0 Å². The second-order valence-electron chi connectivity index (χ2n) is 9.11. The van der Waals surface area contributed by atoms with Crippen LogP contribution in [0, 0.1) is 5.92 Å². The number of nitrogens with one attached hydrogen (secondary N) is 1. The van der Waals surface area contributed by atoms with Crippen molar-refractivity contribution in [1.82, 2.24) is 15.1 Å². The summed E-state index contributed by atoms with van der Waals surface area (Å²) in [5.74, 6) is 1.44. The number of hydrogen-bond donors (Lipinski definition) is 1. The van der Waals surface area contributed by atoms with Crippen molar-refractivity contribution < 1.29 is 0 Å². The number of rotatable bonds is 6. The van der Waals surface area contributed by atoms with Crippen molar-refractivity contribution in [3.8, 4) is 0 Å². The fraction of sp³-hybridized carbons (Fsp3) is 0.481. The van der Waals surface area contributed by atoms with Gasteiger partial charge < -0.3 is 10.2 Å². The van der Waals surface area contributed by atoms with Crippen molar-refractivity contribution in [3.63, 3.8) is 0 Å². The number of nitrogens with zero attached hydrogens (tertiary/aromatic N) is 4. The van der Waals surface area contributed by atoms with Crippen LogP contribution in [0.3, 0.4) is 0 Å². The normalized spacial score (nSPS) is 22.7. The maximum Gasteiger partial charge on any atom is 0.137 e. The third-order valence-electron chi connectivity index (χ3n) is 7.05. The lowest BCUT2D eigenvalue weighted by Crippen LogP contribution is -2.44. The van der Waals surface area contributed by atoms with E-state index in [4.69, 9.17) is 4.99 Å². The summed E-state index contributed by atoms with van der Waals surface area (Å²) in [4.78, 5) is 14.4. The highest BCUT2D eigenvalue weighted by atomic mass is 15.3. The molecule has 1 saturated carbocycles. The van der Waals surface area contributed by atoms with E-state index in [0.717, 1.165) is 49.8 Å². The van der Waals surface area contributed by atoms with E-state index in [1.54, 1.807) is 0 Å². The van der Waals surface area contributed by atoms with Crippen LogP contribution in [0.4, 0.5) is 0 Å². The number of piperazine rings is 1. The summed E-state index contributed by atoms with van der Waals surface area (Å²) in [7, 11) is 1.85. The Labute approximate surface area is 193 Å². The Bertz CT molecular complexity index is 974. The molecule has 0 aromatic heterocycles. The minimum absolute atomic E-state index is 0.467. The van der Waals surface area contributed by atoms with Gasteiger partial charge in [0.1, 0.15) is 5.84 Å². The zero-order valence-electron chi connectivity index (χ0n) is 20.1. The molecule has 3 heterocycles. The molecule has 32 heavy (non-hydrogen) atoms. The molecule has 1 atom stereocenters. The first-order valence-electron chi connectivity index (χ1n) is 12.0. The van der Waals surface area contributed by atoms with Gasteiger partial charge in [0, 0.05) is 45.1 Å². The fourth-order valence-corrected chi connectivity index (χ4v) is 4.43. The lowest BCUT2D eigenvalue weighted by atomic mass is 9.88. The molecule has 0 radical (unpaired) electrons. The van der Waals surface area contributed by atoms with Gasteiger partial charge in [0.25, 0.3) is 0 Å². The topological polar surface area (TPSA) is 43.2 Å². The molecule has 170 valence electrons. The molecule has 1 saturated heterocycles. The van der Waals surface area contributed by atoms with Crippen LogP contribution in [0.1, 0.15) is 46.5 Å². The smallest absolute Gasteiger partial charge is 0.137 e. The van der Waals surface area contributed by atoms with Gasteiger partial charge in [-0.2, -0.15) is 0 Å². The molecule has 1 unspecified atom stereocenters. The lowest BCUT2D eigenvalue weighted by molar-refractivity contribution is 0.303. The molecule has 4 rings (SSSR count). The zero-order chi connectivity index (χ0) is 22.7. The van der Waals surface area contributed by atoms with Crippen LogP contribution in [-0.2, 0) is 0 Å². The van der Waals surface area contributed by atoms with E-state index < -0.39 is 0 Å². The highest BCUT2D eigenvalue weighted by molar-refractivity contribution is 6.12. The lowest BCUT2D eigenvalue weighted by Gasteiger charge is -2.37. The second kappa shape index (κ2) is 9.86. The molecule has 0 amide bonds. The molecule has 4 aliphatic rings. The first-order valence-corrected chi connectivity index (χ1v) is 12.0. The predicted molar refractivity (Wildman–Crippen MR) is 136 cm³/mol. The second-order valence-corrected chi connectivity index (χ2v) is 9.11. The third kappa shape index (κ3) is 4.58. The third-order valence-corrected chi connectivity index (χ3v) is 7.05. The molecule has 2 fully saturated rings. The van der Waals surface area contributed by atoms with Crippen molar-refractivity contribution in [1.29, 1.82) is 0 Å². The van der Waals surface area contributed by atoms with E-state index in [0.29, 0.717) is 5.92 Å². The van der Waals surface area contributed by atoms with Crippen LogP contribution in [0.2, 0.25) is 0 Å². The molecule has 0 aromatic rings. The maximum atomic E-state index is 5.03. The number of amidine groups is 1. The highest BCUT2D eigenvalue weighted by Gasteiger charge is 2.27. The van der Waals surface area contributed by atoms with E-state index in [9.17, 15) is 0 Å². The van der Waals surface area contributed by atoms with Gasteiger partial charge in [0.05, 0.1) is 17.1 Å². The Morgan fingerprint density at radius 1 is 1.28 bits per heavy atom. The average Bonchev–Trinajstić information content (AvgIpc) is 2.80. The van der Waals surface area contributed by atoms with Crippen LogP contribution in [0.15, 0.2) is 80.9 Å². The summed E-state index contributed by atoms with van der Waals surface area (Å²) in [6.07, 6.45) is 15.7. The van der Waals surface area contributed by atoms with Crippen LogP contribution in [0.5, 0.6) is 0 Å². The van der Waals surface area contributed by atoms with Gasteiger partial charge in [-0.25, -0.2) is 4.99 Å². The molecule has 0 aromatic carbocycles. The van der Waals surface area contributed by atoms with Crippen LogP contribution < -0.4 is 5.32 Å². The van der Waals surface area contributed by atoms with E-state index in [1.165, 1.54) is 47.4 Å². The minimum atomic E-state index is 0.467. The van der Waals surface area contributed by atoms with Gasteiger partial charge >= 0.3 is 0 Å². The molecule has 3 aliphatic heterocycles. The Morgan fingerprint density at radius 3 is 2.66 bits per heavy atom. The molecule has 1 aliphatic carbocycles. The predicted octanol–water partition coefficient (Wildman–Crippen LogP) is 4.96. The summed E-state index contributed by atoms with van der Waals surface area (Å²) in [5.41, 5.74) is 8.28. The summed E-state index contributed by atoms with van der Waals surface area (Å²) in [6.45, 7) is 15.0. The monoisotopic (exact) mass is 431 g/mol. The van der Waals surface area contributed by atoms with Crippen molar-refractivity contribution in [2.45, 2.75) is 46.5 Å².